The number of rotatable bonds is 2. The lowest BCUT2D eigenvalue weighted by Gasteiger charge is -2.43. The van der Waals surface area contributed by atoms with E-state index in [1.807, 2.05) is 0 Å². The molecular formula is C14H28N2. The van der Waals surface area contributed by atoms with Crippen LogP contribution >= 0.6 is 0 Å². The van der Waals surface area contributed by atoms with Gasteiger partial charge in [0, 0.05) is 31.7 Å². The molecular weight excluding hydrogens is 196 g/mol. The summed E-state index contributed by atoms with van der Waals surface area (Å²) in [6, 6.07) is 1.63. The number of hydrogen-bond acceptors (Lipinski definition) is 2. The summed E-state index contributed by atoms with van der Waals surface area (Å²) in [6.07, 6.45) is 5.79. The van der Waals surface area contributed by atoms with Crippen LogP contribution in [0.4, 0.5) is 0 Å². The van der Waals surface area contributed by atoms with E-state index in [9.17, 15) is 0 Å². The van der Waals surface area contributed by atoms with Crippen molar-refractivity contribution in [2.45, 2.75) is 58.5 Å². The molecule has 2 aliphatic rings. The van der Waals surface area contributed by atoms with Gasteiger partial charge in [0.25, 0.3) is 0 Å². The van der Waals surface area contributed by atoms with Gasteiger partial charge in [-0.25, -0.2) is 0 Å². The number of piperazine rings is 1. The first-order valence-corrected chi connectivity index (χ1v) is 7.15. The molecule has 2 heteroatoms. The molecule has 2 rings (SSSR count). The molecule has 1 aliphatic carbocycles. The maximum atomic E-state index is 3.49. The molecule has 16 heavy (non-hydrogen) atoms. The first kappa shape index (κ1) is 12.4. The van der Waals surface area contributed by atoms with Crippen LogP contribution in [0.5, 0.6) is 0 Å². The van der Waals surface area contributed by atoms with E-state index in [1.54, 1.807) is 0 Å². The van der Waals surface area contributed by atoms with Crippen LogP contribution in [0.1, 0.15) is 46.5 Å². The van der Waals surface area contributed by atoms with Gasteiger partial charge in [0.05, 0.1) is 0 Å². The molecule has 1 heterocycles. The van der Waals surface area contributed by atoms with E-state index < -0.39 is 0 Å². The highest BCUT2D eigenvalue weighted by atomic mass is 15.2. The van der Waals surface area contributed by atoms with Gasteiger partial charge in [-0.3, -0.25) is 4.90 Å². The van der Waals surface area contributed by atoms with Crippen LogP contribution in [0.3, 0.4) is 0 Å². The van der Waals surface area contributed by atoms with Crippen molar-refractivity contribution in [3.63, 3.8) is 0 Å². The summed E-state index contributed by atoms with van der Waals surface area (Å²) in [5, 5.41) is 3.49. The van der Waals surface area contributed by atoms with Crippen molar-refractivity contribution in [2.24, 2.45) is 11.8 Å². The lowest BCUT2D eigenvalue weighted by atomic mass is 9.79. The van der Waals surface area contributed by atoms with Crippen molar-refractivity contribution < 1.29 is 0 Å². The van der Waals surface area contributed by atoms with Crippen LogP contribution in [-0.4, -0.2) is 36.6 Å². The Bertz CT molecular complexity index is 207. The lowest BCUT2D eigenvalue weighted by Crippen LogP contribution is -2.54. The zero-order valence-electron chi connectivity index (χ0n) is 11.2. The summed E-state index contributed by atoms with van der Waals surface area (Å²) in [4.78, 5) is 2.76. The molecule has 1 saturated heterocycles. The third-order valence-corrected chi connectivity index (χ3v) is 4.71. The number of nitrogens with zero attached hydrogens (tertiary/aromatic N) is 1. The van der Waals surface area contributed by atoms with Gasteiger partial charge >= 0.3 is 0 Å². The normalized spacial score (nSPS) is 37.9. The second kappa shape index (κ2) is 5.50. The third-order valence-electron chi connectivity index (χ3n) is 4.71. The van der Waals surface area contributed by atoms with Gasteiger partial charge in [0.15, 0.2) is 0 Å². The van der Waals surface area contributed by atoms with Crippen molar-refractivity contribution in [1.82, 2.24) is 10.2 Å². The molecule has 0 amide bonds. The number of hydrogen-bond donors (Lipinski definition) is 1. The van der Waals surface area contributed by atoms with Gasteiger partial charge in [-0.05, 0) is 44.4 Å². The van der Waals surface area contributed by atoms with Crippen LogP contribution in [-0.2, 0) is 0 Å². The summed E-state index contributed by atoms with van der Waals surface area (Å²) in [5.74, 6) is 1.89. The number of nitrogens with one attached hydrogen (secondary N) is 1. The molecule has 0 aromatic carbocycles. The smallest absolute Gasteiger partial charge is 0.0195 e. The Morgan fingerprint density at radius 1 is 1.12 bits per heavy atom. The van der Waals surface area contributed by atoms with Crippen molar-refractivity contribution in [2.75, 3.05) is 19.6 Å². The molecule has 94 valence electrons. The monoisotopic (exact) mass is 224 g/mol. The summed E-state index contributed by atoms with van der Waals surface area (Å²) < 4.78 is 0. The minimum absolute atomic E-state index is 0.745. The fourth-order valence-corrected chi connectivity index (χ4v) is 3.50. The summed E-state index contributed by atoms with van der Waals surface area (Å²) >= 11 is 0. The molecule has 1 aliphatic heterocycles. The first-order valence-electron chi connectivity index (χ1n) is 7.15. The average molecular weight is 224 g/mol. The highest BCUT2D eigenvalue weighted by Crippen LogP contribution is 2.32. The molecule has 1 saturated carbocycles. The van der Waals surface area contributed by atoms with E-state index in [0.29, 0.717) is 0 Å². The second-order valence-electron chi connectivity index (χ2n) is 6.10. The molecule has 0 radical (unpaired) electrons. The van der Waals surface area contributed by atoms with Gasteiger partial charge < -0.3 is 5.32 Å². The van der Waals surface area contributed by atoms with Crippen molar-refractivity contribution in [3.05, 3.63) is 0 Å². The first-order chi connectivity index (χ1) is 7.68. The van der Waals surface area contributed by atoms with Crippen molar-refractivity contribution in [1.29, 1.82) is 0 Å². The van der Waals surface area contributed by atoms with E-state index in [0.717, 1.165) is 23.9 Å². The largest absolute Gasteiger partial charge is 0.314 e. The Hall–Kier alpha value is -0.0800. The van der Waals surface area contributed by atoms with Crippen LogP contribution in [0, 0.1) is 11.8 Å². The Morgan fingerprint density at radius 2 is 1.81 bits per heavy atom. The standard InChI is InChI=1S/C14H28N2/c1-11(2)13-4-6-14(7-5-13)16-9-8-15-10-12(16)3/h11-15H,4-10H2,1-3H3. The zero-order valence-corrected chi connectivity index (χ0v) is 11.2. The molecule has 1 atom stereocenters. The van der Waals surface area contributed by atoms with E-state index in [1.165, 1.54) is 45.3 Å². The van der Waals surface area contributed by atoms with E-state index >= 15 is 0 Å². The van der Waals surface area contributed by atoms with Gasteiger partial charge in [0.2, 0.25) is 0 Å². The highest BCUT2D eigenvalue weighted by molar-refractivity contribution is 4.86. The Balaban J connectivity index is 1.83. The maximum Gasteiger partial charge on any atom is 0.0195 e. The van der Waals surface area contributed by atoms with Crippen LogP contribution in [0.2, 0.25) is 0 Å². The molecule has 0 bridgehead atoms. The predicted octanol–water partition coefficient (Wildman–Crippen LogP) is 2.49. The second-order valence-corrected chi connectivity index (χ2v) is 6.10. The molecule has 1 unspecified atom stereocenters. The van der Waals surface area contributed by atoms with Crippen molar-refractivity contribution in [3.8, 4) is 0 Å². The highest BCUT2D eigenvalue weighted by Gasteiger charge is 2.30. The molecule has 2 fully saturated rings. The van der Waals surface area contributed by atoms with E-state index in [4.69, 9.17) is 0 Å². The predicted molar refractivity (Wildman–Crippen MR) is 69.6 cm³/mol. The minimum Gasteiger partial charge on any atom is -0.314 e. The topological polar surface area (TPSA) is 15.3 Å². The van der Waals surface area contributed by atoms with E-state index in [2.05, 4.69) is 31.0 Å². The van der Waals surface area contributed by atoms with Crippen LogP contribution in [0.15, 0.2) is 0 Å². The minimum atomic E-state index is 0.745. The average Bonchev–Trinajstić information content (AvgIpc) is 2.30. The Morgan fingerprint density at radius 3 is 2.38 bits per heavy atom. The SMILES string of the molecule is CC(C)C1CCC(N2CCNCC2C)CC1. The Kier molecular flexibility index (Phi) is 4.26. The van der Waals surface area contributed by atoms with Crippen LogP contribution in [0.25, 0.3) is 0 Å². The molecule has 0 spiro atoms. The van der Waals surface area contributed by atoms with Gasteiger partial charge in [-0.1, -0.05) is 13.8 Å². The Labute approximate surface area is 101 Å². The fourth-order valence-electron chi connectivity index (χ4n) is 3.50. The third kappa shape index (κ3) is 2.78. The molecule has 1 N–H and O–H groups in total. The summed E-state index contributed by atoms with van der Waals surface area (Å²) in [7, 11) is 0. The quantitative estimate of drug-likeness (QED) is 0.775. The van der Waals surface area contributed by atoms with Gasteiger partial charge in [0.1, 0.15) is 0 Å². The van der Waals surface area contributed by atoms with Crippen molar-refractivity contribution >= 4 is 0 Å². The zero-order chi connectivity index (χ0) is 11.5. The summed E-state index contributed by atoms with van der Waals surface area (Å²) in [6.45, 7) is 10.8. The molecule has 0 aromatic rings. The summed E-state index contributed by atoms with van der Waals surface area (Å²) in [5.41, 5.74) is 0. The van der Waals surface area contributed by atoms with Gasteiger partial charge in [-0.2, -0.15) is 0 Å². The van der Waals surface area contributed by atoms with Crippen LogP contribution < -0.4 is 5.32 Å². The fraction of sp³-hybridized carbons (Fsp3) is 1.00. The van der Waals surface area contributed by atoms with Gasteiger partial charge in [-0.15, -0.1) is 0 Å². The van der Waals surface area contributed by atoms with E-state index in [-0.39, 0.29) is 0 Å². The molecule has 2 nitrogen and oxygen atoms in total. The molecule has 0 aromatic heterocycles. The maximum absolute atomic E-state index is 3.49. The lowest BCUT2D eigenvalue weighted by molar-refractivity contribution is 0.0729.